The molecule has 1 aliphatic carbocycles. The molecule has 0 unspecified atom stereocenters. The fourth-order valence-electron chi connectivity index (χ4n) is 2.19. The second kappa shape index (κ2) is 5.70. The van der Waals surface area contributed by atoms with E-state index in [1.807, 2.05) is 0 Å². The highest BCUT2D eigenvalue weighted by Gasteiger charge is 2.17. The molecule has 88 valence electrons. The fraction of sp³-hybridized carbons (Fsp3) is 0.583. The van der Waals surface area contributed by atoms with Gasteiger partial charge in [-0.1, -0.05) is 0 Å². The van der Waals surface area contributed by atoms with E-state index in [9.17, 15) is 4.79 Å². The lowest BCUT2D eigenvalue weighted by Crippen LogP contribution is -2.90. The summed E-state index contributed by atoms with van der Waals surface area (Å²) in [6.07, 6.45) is 6.89. The van der Waals surface area contributed by atoms with E-state index in [1.54, 1.807) is 12.1 Å². The molecular formula is C12H19N2O2+. The Morgan fingerprint density at radius 2 is 2.31 bits per heavy atom. The molecule has 3 N–H and O–H groups in total. The van der Waals surface area contributed by atoms with Crippen LogP contribution in [-0.2, 0) is 0 Å². The van der Waals surface area contributed by atoms with Crippen LogP contribution in [0.5, 0.6) is 0 Å². The van der Waals surface area contributed by atoms with E-state index in [0.717, 1.165) is 12.6 Å². The standard InChI is InChI=1S/C12H18N2O2/c15-12(11-6-3-9-16-11)14-8-7-13-10-4-1-2-5-10/h3,6,9-10,13H,1-2,4-5,7-8H2,(H,14,15)/p+1. The first-order valence-electron chi connectivity index (χ1n) is 6.01. The molecule has 0 radical (unpaired) electrons. The summed E-state index contributed by atoms with van der Waals surface area (Å²) in [5, 5.41) is 5.19. The number of furan rings is 1. The van der Waals surface area contributed by atoms with Gasteiger partial charge >= 0.3 is 0 Å². The van der Waals surface area contributed by atoms with Crippen molar-refractivity contribution in [1.82, 2.24) is 5.32 Å². The van der Waals surface area contributed by atoms with Crippen LogP contribution in [0.15, 0.2) is 22.8 Å². The molecule has 4 heteroatoms. The molecule has 0 aliphatic heterocycles. The molecule has 0 aromatic carbocycles. The third kappa shape index (κ3) is 3.10. The Morgan fingerprint density at radius 1 is 1.50 bits per heavy atom. The van der Waals surface area contributed by atoms with Crippen molar-refractivity contribution >= 4 is 5.91 Å². The highest BCUT2D eigenvalue weighted by Crippen LogP contribution is 2.13. The molecule has 1 amide bonds. The van der Waals surface area contributed by atoms with Gasteiger partial charge in [-0.3, -0.25) is 4.79 Å². The van der Waals surface area contributed by atoms with Gasteiger partial charge in [0.15, 0.2) is 5.76 Å². The minimum Gasteiger partial charge on any atom is -0.459 e. The number of rotatable bonds is 5. The third-order valence-corrected chi connectivity index (χ3v) is 3.07. The Kier molecular flexibility index (Phi) is 3.99. The maximum Gasteiger partial charge on any atom is 0.287 e. The highest BCUT2D eigenvalue weighted by molar-refractivity contribution is 5.91. The minimum absolute atomic E-state index is 0.121. The first-order valence-corrected chi connectivity index (χ1v) is 6.01. The number of carbonyl (C=O) groups is 1. The zero-order chi connectivity index (χ0) is 11.2. The van der Waals surface area contributed by atoms with Crippen molar-refractivity contribution < 1.29 is 14.5 Å². The molecule has 1 aromatic heterocycles. The molecule has 0 atom stereocenters. The molecule has 1 heterocycles. The van der Waals surface area contributed by atoms with Gasteiger partial charge in [0.25, 0.3) is 5.91 Å². The Morgan fingerprint density at radius 3 is 3.00 bits per heavy atom. The van der Waals surface area contributed by atoms with E-state index in [0.29, 0.717) is 12.3 Å². The molecule has 0 spiro atoms. The van der Waals surface area contributed by atoms with Gasteiger partial charge in [0.2, 0.25) is 0 Å². The summed E-state index contributed by atoms with van der Waals surface area (Å²) in [4.78, 5) is 11.5. The van der Waals surface area contributed by atoms with Gasteiger partial charge < -0.3 is 15.1 Å². The number of quaternary nitrogens is 1. The molecule has 0 saturated heterocycles. The van der Waals surface area contributed by atoms with Crippen LogP contribution in [-0.4, -0.2) is 25.0 Å². The lowest BCUT2D eigenvalue weighted by molar-refractivity contribution is -0.686. The molecule has 2 rings (SSSR count). The molecule has 4 nitrogen and oxygen atoms in total. The van der Waals surface area contributed by atoms with Crippen molar-refractivity contribution in [2.45, 2.75) is 31.7 Å². The molecule has 1 aromatic rings. The second-order valence-electron chi connectivity index (χ2n) is 4.30. The van der Waals surface area contributed by atoms with Crippen LogP contribution in [0.4, 0.5) is 0 Å². The lowest BCUT2D eigenvalue weighted by Gasteiger charge is -2.08. The zero-order valence-electron chi connectivity index (χ0n) is 9.45. The predicted molar refractivity (Wildman–Crippen MR) is 60.1 cm³/mol. The van der Waals surface area contributed by atoms with Crippen molar-refractivity contribution in [1.29, 1.82) is 0 Å². The number of nitrogens with two attached hydrogens (primary N) is 1. The van der Waals surface area contributed by atoms with Gasteiger partial charge in [-0.25, -0.2) is 0 Å². The van der Waals surface area contributed by atoms with E-state index >= 15 is 0 Å². The first kappa shape index (κ1) is 11.2. The van der Waals surface area contributed by atoms with Crippen molar-refractivity contribution in [3.63, 3.8) is 0 Å². The highest BCUT2D eigenvalue weighted by atomic mass is 16.3. The van der Waals surface area contributed by atoms with Crippen LogP contribution >= 0.6 is 0 Å². The number of hydrogen-bond acceptors (Lipinski definition) is 2. The number of nitrogens with one attached hydrogen (secondary N) is 1. The van der Waals surface area contributed by atoms with Crippen LogP contribution in [0.25, 0.3) is 0 Å². The Bertz CT molecular complexity index is 316. The van der Waals surface area contributed by atoms with Crippen LogP contribution < -0.4 is 10.6 Å². The molecule has 1 saturated carbocycles. The lowest BCUT2D eigenvalue weighted by atomic mass is 10.2. The van der Waals surface area contributed by atoms with Crippen LogP contribution in [0.2, 0.25) is 0 Å². The monoisotopic (exact) mass is 223 g/mol. The third-order valence-electron chi connectivity index (χ3n) is 3.07. The van der Waals surface area contributed by atoms with E-state index in [-0.39, 0.29) is 5.91 Å². The van der Waals surface area contributed by atoms with Gasteiger partial charge in [0, 0.05) is 0 Å². The Hall–Kier alpha value is -1.29. The van der Waals surface area contributed by atoms with Crippen molar-refractivity contribution in [3.05, 3.63) is 24.2 Å². The van der Waals surface area contributed by atoms with Crippen LogP contribution in [0, 0.1) is 0 Å². The van der Waals surface area contributed by atoms with Gasteiger partial charge in [0.1, 0.15) is 0 Å². The van der Waals surface area contributed by atoms with Crippen molar-refractivity contribution in [2.24, 2.45) is 0 Å². The smallest absolute Gasteiger partial charge is 0.287 e. The van der Waals surface area contributed by atoms with Gasteiger partial charge in [0.05, 0.1) is 25.4 Å². The first-order chi connectivity index (χ1) is 7.86. The second-order valence-corrected chi connectivity index (χ2v) is 4.30. The average Bonchev–Trinajstić information content (AvgIpc) is 2.96. The quantitative estimate of drug-likeness (QED) is 0.715. The van der Waals surface area contributed by atoms with Crippen molar-refractivity contribution in [3.8, 4) is 0 Å². The average molecular weight is 223 g/mol. The van der Waals surface area contributed by atoms with E-state index < -0.39 is 0 Å². The fourth-order valence-corrected chi connectivity index (χ4v) is 2.19. The SMILES string of the molecule is O=C(NCC[NH2+]C1CCCC1)c1ccco1. The van der Waals surface area contributed by atoms with E-state index in [1.165, 1.54) is 31.9 Å². The molecule has 0 bridgehead atoms. The summed E-state index contributed by atoms with van der Waals surface area (Å²) in [5.41, 5.74) is 0. The van der Waals surface area contributed by atoms with Crippen LogP contribution in [0.3, 0.4) is 0 Å². The summed E-state index contributed by atoms with van der Waals surface area (Å²) in [7, 11) is 0. The van der Waals surface area contributed by atoms with Gasteiger partial charge in [-0.05, 0) is 37.8 Å². The summed E-state index contributed by atoms with van der Waals surface area (Å²) in [6.45, 7) is 1.66. The summed E-state index contributed by atoms with van der Waals surface area (Å²) >= 11 is 0. The molecule has 1 fully saturated rings. The van der Waals surface area contributed by atoms with Crippen LogP contribution in [0.1, 0.15) is 36.2 Å². The maximum absolute atomic E-state index is 11.5. The molecule has 16 heavy (non-hydrogen) atoms. The van der Waals surface area contributed by atoms with Crippen molar-refractivity contribution in [2.75, 3.05) is 13.1 Å². The minimum atomic E-state index is -0.121. The number of amides is 1. The van der Waals surface area contributed by atoms with Gasteiger partial charge in [-0.2, -0.15) is 0 Å². The Labute approximate surface area is 95.4 Å². The summed E-state index contributed by atoms with van der Waals surface area (Å²) < 4.78 is 5.00. The molecule has 1 aliphatic rings. The topological polar surface area (TPSA) is 58.9 Å². The largest absolute Gasteiger partial charge is 0.459 e. The Balaban J connectivity index is 1.59. The van der Waals surface area contributed by atoms with E-state index in [4.69, 9.17) is 4.42 Å². The zero-order valence-corrected chi connectivity index (χ0v) is 9.45. The maximum atomic E-state index is 11.5. The normalized spacial score (nSPS) is 16.5. The van der Waals surface area contributed by atoms with E-state index in [2.05, 4.69) is 10.6 Å². The number of hydrogen-bond donors (Lipinski definition) is 2. The van der Waals surface area contributed by atoms with Gasteiger partial charge in [-0.15, -0.1) is 0 Å². The predicted octanol–water partition coefficient (Wildman–Crippen LogP) is 0.515. The molecular weight excluding hydrogens is 204 g/mol. The summed E-state index contributed by atoms with van der Waals surface area (Å²) in [6, 6.07) is 4.18. The number of carbonyl (C=O) groups excluding carboxylic acids is 1. The summed E-state index contributed by atoms with van der Waals surface area (Å²) in [5.74, 6) is 0.269.